The summed E-state index contributed by atoms with van der Waals surface area (Å²) in [5, 5.41) is 9.72. The van der Waals surface area contributed by atoms with Crippen molar-refractivity contribution >= 4 is 0 Å². The summed E-state index contributed by atoms with van der Waals surface area (Å²) in [4.78, 5) is 0. The van der Waals surface area contributed by atoms with Crippen LogP contribution < -0.4 is 0 Å². The second kappa shape index (κ2) is 9.16. The lowest BCUT2D eigenvalue weighted by Gasteiger charge is -2.49. The molecule has 2 rings (SSSR count). The molecule has 2 bridgehead atoms. The largest absolute Gasteiger partial charge is 0.426 e. The number of alkyl halides is 12. The average Bonchev–Trinajstić information content (AvgIpc) is 3.24. The smallest absolute Gasteiger partial charge is 0.376 e. The van der Waals surface area contributed by atoms with Gasteiger partial charge in [0.05, 0.1) is 19.3 Å². The van der Waals surface area contributed by atoms with Crippen molar-refractivity contribution in [3.63, 3.8) is 0 Å². The lowest BCUT2D eigenvalue weighted by Crippen LogP contribution is -2.68. The van der Waals surface area contributed by atoms with Gasteiger partial charge in [0.2, 0.25) is 0 Å². The van der Waals surface area contributed by atoms with Gasteiger partial charge in [-0.2, -0.15) is 52.7 Å². The molecule has 0 radical (unpaired) electrons. The quantitative estimate of drug-likeness (QED) is 0.301. The molecule has 0 aromatic rings. The maximum atomic E-state index is 14.0. The lowest BCUT2D eigenvalue weighted by atomic mass is 9.65. The fourth-order valence-electron chi connectivity index (χ4n) is 5.30. The zero-order chi connectivity index (χ0) is 26.5. The Morgan fingerprint density at radius 2 is 1.21 bits per heavy atom. The summed E-state index contributed by atoms with van der Waals surface area (Å²) < 4.78 is 173. The molecule has 3 nitrogen and oxygen atoms in total. The van der Waals surface area contributed by atoms with Crippen LogP contribution in [-0.2, 0) is 9.47 Å². The van der Waals surface area contributed by atoms with Crippen molar-refractivity contribution in [1.29, 1.82) is 0 Å². The Bertz CT molecular complexity index is 669. The fraction of sp³-hybridized carbons (Fsp3) is 1.00. The van der Waals surface area contributed by atoms with Gasteiger partial charge < -0.3 is 14.6 Å². The van der Waals surface area contributed by atoms with E-state index in [-0.39, 0.29) is 0 Å². The predicted octanol–water partition coefficient (Wildman–Crippen LogP) is 6.20. The Labute approximate surface area is 186 Å². The molecular formula is C19H24F12O3. The first-order valence-electron chi connectivity index (χ1n) is 10.4. The molecule has 5 atom stereocenters. The van der Waals surface area contributed by atoms with Crippen molar-refractivity contribution in [2.45, 2.75) is 81.5 Å². The van der Waals surface area contributed by atoms with Crippen LogP contribution in [0.15, 0.2) is 0 Å². The number of hydrogen-bond acceptors (Lipinski definition) is 3. The summed E-state index contributed by atoms with van der Waals surface area (Å²) in [7, 11) is 0. The molecule has 0 heterocycles. The number of aliphatic hydroxyl groups is 1. The van der Waals surface area contributed by atoms with Gasteiger partial charge in [-0.25, -0.2) is 0 Å². The van der Waals surface area contributed by atoms with Crippen LogP contribution in [0.4, 0.5) is 52.7 Å². The van der Waals surface area contributed by atoms with Crippen molar-refractivity contribution in [3.8, 4) is 0 Å². The predicted molar refractivity (Wildman–Crippen MR) is 91.4 cm³/mol. The second-order valence-electron chi connectivity index (χ2n) is 8.88. The molecule has 15 heteroatoms. The third-order valence-electron chi connectivity index (χ3n) is 6.97. The summed E-state index contributed by atoms with van der Waals surface area (Å²) in [6.07, 6.45) is -28.2. The number of rotatable bonds is 8. The van der Waals surface area contributed by atoms with Crippen LogP contribution >= 0.6 is 0 Å². The topological polar surface area (TPSA) is 38.7 Å². The molecule has 34 heavy (non-hydrogen) atoms. The molecule has 0 spiro atoms. The molecule has 2 aliphatic carbocycles. The summed E-state index contributed by atoms with van der Waals surface area (Å²) in [6.45, 7) is 1.13. The molecule has 0 amide bonds. The minimum absolute atomic E-state index is 0.366. The van der Waals surface area contributed by atoms with Gasteiger partial charge in [0, 0.05) is 11.8 Å². The normalized spacial score (nSPS) is 28.0. The van der Waals surface area contributed by atoms with E-state index in [1.807, 2.05) is 0 Å². The van der Waals surface area contributed by atoms with E-state index in [1.54, 1.807) is 6.92 Å². The molecule has 0 aliphatic heterocycles. The molecule has 202 valence electrons. The number of halogens is 12. The maximum absolute atomic E-state index is 14.0. The van der Waals surface area contributed by atoms with E-state index < -0.39 is 98.2 Å². The van der Waals surface area contributed by atoms with Crippen LogP contribution in [0.25, 0.3) is 0 Å². The molecule has 0 aromatic heterocycles. The molecule has 1 N–H and O–H groups in total. The van der Waals surface area contributed by atoms with Gasteiger partial charge in [0.25, 0.3) is 11.2 Å². The fourth-order valence-corrected chi connectivity index (χ4v) is 5.30. The Morgan fingerprint density at radius 1 is 0.735 bits per heavy atom. The van der Waals surface area contributed by atoms with E-state index >= 15 is 0 Å². The first-order chi connectivity index (χ1) is 15.1. The van der Waals surface area contributed by atoms with Crippen molar-refractivity contribution in [3.05, 3.63) is 0 Å². The molecule has 2 aliphatic rings. The van der Waals surface area contributed by atoms with Crippen LogP contribution in [0.5, 0.6) is 0 Å². The first kappa shape index (κ1) is 29.3. The van der Waals surface area contributed by atoms with Gasteiger partial charge in [-0.15, -0.1) is 0 Å². The van der Waals surface area contributed by atoms with Gasteiger partial charge in [0.1, 0.15) is 0 Å². The van der Waals surface area contributed by atoms with Crippen LogP contribution in [0.1, 0.15) is 39.5 Å². The van der Waals surface area contributed by atoms with Gasteiger partial charge in [-0.3, -0.25) is 0 Å². The minimum Gasteiger partial charge on any atom is -0.376 e. The summed E-state index contributed by atoms with van der Waals surface area (Å²) in [5.41, 5.74) is -10.5. The third kappa shape index (κ3) is 4.72. The van der Waals surface area contributed by atoms with Crippen LogP contribution in [0.3, 0.4) is 0 Å². The molecular weight excluding hydrogens is 504 g/mol. The van der Waals surface area contributed by atoms with E-state index in [9.17, 15) is 57.8 Å². The summed E-state index contributed by atoms with van der Waals surface area (Å²) in [5.74, 6) is -9.51. The van der Waals surface area contributed by atoms with E-state index in [1.165, 1.54) is 6.92 Å². The van der Waals surface area contributed by atoms with Crippen LogP contribution in [-0.4, -0.2) is 60.3 Å². The lowest BCUT2D eigenvalue weighted by molar-refractivity contribution is -0.414. The molecule has 0 saturated heterocycles. The van der Waals surface area contributed by atoms with E-state index in [0.29, 0.717) is 6.42 Å². The third-order valence-corrected chi connectivity index (χ3v) is 6.97. The monoisotopic (exact) mass is 528 g/mol. The highest BCUT2D eigenvalue weighted by Crippen LogP contribution is 2.67. The van der Waals surface area contributed by atoms with Gasteiger partial charge >= 0.3 is 24.7 Å². The standard InChI is InChI=1S/C19H24F12O3/c1-3-9(2)33-4-5-34-15(18(26,27)28,19(29,30)31)13-8-10-6-11(13)12(7-10)14(32,16(20,21)22)17(23,24)25/h9-13,32H,3-8H2,1-2H3. The highest BCUT2D eigenvalue weighted by molar-refractivity contribution is 5.15. The average molecular weight is 528 g/mol. The zero-order valence-electron chi connectivity index (χ0n) is 17.9. The van der Waals surface area contributed by atoms with Crippen molar-refractivity contribution in [2.24, 2.45) is 23.7 Å². The van der Waals surface area contributed by atoms with E-state index in [0.717, 1.165) is 0 Å². The minimum atomic E-state index is -6.38. The highest BCUT2D eigenvalue weighted by Gasteiger charge is 2.82. The maximum Gasteiger partial charge on any atom is 0.426 e. The molecule has 2 fully saturated rings. The van der Waals surface area contributed by atoms with Crippen molar-refractivity contribution in [2.75, 3.05) is 13.2 Å². The van der Waals surface area contributed by atoms with Gasteiger partial charge in [0.15, 0.2) is 0 Å². The Balaban J connectivity index is 2.52. The van der Waals surface area contributed by atoms with Crippen LogP contribution in [0, 0.1) is 23.7 Å². The number of ether oxygens (including phenoxy) is 2. The van der Waals surface area contributed by atoms with E-state index in [2.05, 4.69) is 4.74 Å². The number of fused-ring (bicyclic) bond motifs is 2. The Hall–Kier alpha value is -0.960. The van der Waals surface area contributed by atoms with Gasteiger partial charge in [-0.1, -0.05) is 6.92 Å². The summed E-state index contributed by atoms with van der Waals surface area (Å²) >= 11 is 0. The Kier molecular flexibility index (Phi) is 7.89. The first-order valence-corrected chi connectivity index (χ1v) is 10.4. The van der Waals surface area contributed by atoms with Crippen molar-refractivity contribution in [1.82, 2.24) is 0 Å². The van der Waals surface area contributed by atoms with Crippen molar-refractivity contribution < 1.29 is 67.3 Å². The number of hydrogen-bond donors (Lipinski definition) is 1. The van der Waals surface area contributed by atoms with Crippen LogP contribution in [0.2, 0.25) is 0 Å². The molecule has 2 saturated carbocycles. The SMILES string of the molecule is CCC(C)OCCOC(C1CC2CC1C(C(O)(C(F)(F)F)C(F)(F)F)C2)(C(F)(F)F)C(F)(F)F. The zero-order valence-corrected chi connectivity index (χ0v) is 17.9. The Morgan fingerprint density at radius 3 is 1.59 bits per heavy atom. The van der Waals surface area contributed by atoms with Gasteiger partial charge in [-0.05, 0) is 44.4 Å². The molecule has 0 aromatic carbocycles. The summed E-state index contributed by atoms with van der Waals surface area (Å²) in [6, 6.07) is 0. The highest BCUT2D eigenvalue weighted by atomic mass is 19.4. The van der Waals surface area contributed by atoms with E-state index in [4.69, 9.17) is 4.74 Å². The second-order valence-corrected chi connectivity index (χ2v) is 8.88. The molecule has 5 unspecified atom stereocenters.